The minimum atomic E-state index is -4.69. The van der Waals surface area contributed by atoms with Crippen molar-refractivity contribution in [2.75, 3.05) is 5.73 Å². The van der Waals surface area contributed by atoms with Gasteiger partial charge in [0.1, 0.15) is 23.3 Å². The summed E-state index contributed by atoms with van der Waals surface area (Å²) in [6.07, 6.45) is -3.70. The van der Waals surface area contributed by atoms with E-state index in [1.165, 1.54) is 0 Å². The predicted octanol–water partition coefficient (Wildman–Crippen LogP) is 2.76. The highest BCUT2D eigenvalue weighted by Crippen LogP contribution is 2.36. The molecule has 2 aromatic rings. The normalized spacial score (nSPS) is 11.2. The number of nitrogens with two attached hydrogens (primary N) is 1. The van der Waals surface area contributed by atoms with E-state index in [1.807, 2.05) is 0 Å². The van der Waals surface area contributed by atoms with Crippen LogP contribution in [0.3, 0.4) is 0 Å². The summed E-state index contributed by atoms with van der Waals surface area (Å²) in [4.78, 5) is 7.22. The van der Waals surface area contributed by atoms with Crippen molar-refractivity contribution >= 4 is 5.82 Å². The summed E-state index contributed by atoms with van der Waals surface area (Å²) in [5.74, 6) is -1.53. The maximum Gasteiger partial charge on any atom is 0.417 e. The van der Waals surface area contributed by atoms with Gasteiger partial charge in [0.15, 0.2) is 5.82 Å². The minimum absolute atomic E-state index is 0.0706. The fourth-order valence-corrected chi connectivity index (χ4v) is 1.56. The van der Waals surface area contributed by atoms with Crippen molar-refractivity contribution in [3.8, 4) is 17.5 Å². The van der Waals surface area contributed by atoms with Gasteiger partial charge >= 0.3 is 6.18 Å². The van der Waals surface area contributed by atoms with Gasteiger partial charge in [-0.3, -0.25) is 0 Å². The molecule has 0 aliphatic rings. The molecule has 0 radical (unpaired) electrons. The van der Waals surface area contributed by atoms with E-state index in [-0.39, 0.29) is 11.4 Å². The molecule has 0 aliphatic heterocycles. The fourth-order valence-electron chi connectivity index (χ4n) is 1.56. The van der Waals surface area contributed by atoms with E-state index in [4.69, 9.17) is 11.0 Å². The standard InChI is InChI=1S/C12H6F4N4/c13-7-1-2-9(12(14,15)16)8(3-7)11-19-5-6(4-17)10(18)20-11/h1-3,5H,(H2,18,19,20). The second-order valence-electron chi connectivity index (χ2n) is 3.79. The molecule has 2 N–H and O–H groups in total. The van der Waals surface area contributed by atoms with E-state index >= 15 is 0 Å². The van der Waals surface area contributed by atoms with Gasteiger partial charge in [0.25, 0.3) is 0 Å². The van der Waals surface area contributed by atoms with E-state index < -0.39 is 28.9 Å². The lowest BCUT2D eigenvalue weighted by molar-refractivity contribution is -0.137. The molecule has 0 atom stereocenters. The number of nitrogen functional groups attached to an aromatic ring is 1. The van der Waals surface area contributed by atoms with Gasteiger partial charge < -0.3 is 5.73 Å². The summed E-state index contributed by atoms with van der Waals surface area (Å²) in [5.41, 5.74) is 3.73. The molecule has 1 aromatic heterocycles. The Morgan fingerprint density at radius 3 is 2.50 bits per heavy atom. The molecule has 0 saturated carbocycles. The minimum Gasteiger partial charge on any atom is -0.382 e. The van der Waals surface area contributed by atoms with E-state index in [1.54, 1.807) is 6.07 Å². The summed E-state index contributed by atoms with van der Waals surface area (Å²) in [6.45, 7) is 0. The lowest BCUT2D eigenvalue weighted by atomic mass is 10.1. The predicted molar refractivity (Wildman–Crippen MR) is 61.6 cm³/mol. The number of anilines is 1. The van der Waals surface area contributed by atoms with Crippen LogP contribution in [0, 0.1) is 17.1 Å². The molecule has 0 saturated heterocycles. The lowest BCUT2D eigenvalue weighted by Crippen LogP contribution is -2.09. The number of rotatable bonds is 1. The highest BCUT2D eigenvalue weighted by Gasteiger charge is 2.34. The second kappa shape index (κ2) is 4.77. The van der Waals surface area contributed by atoms with Gasteiger partial charge in [0.05, 0.1) is 11.8 Å². The second-order valence-corrected chi connectivity index (χ2v) is 3.79. The Balaban J connectivity index is 2.66. The average molecular weight is 282 g/mol. The Hall–Kier alpha value is -2.69. The first-order chi connectivity index (χ1) is 9.32. The molecule has 102 valence electrons. The Morgan fingerprint density at radius 2 is 1.95 bits per heavy atom. The van der Waals surface area contributed by atoms with Crippen molar-refractivity contribution in [1.29, 1.82) is 5.26 Å². The Kier molecular flexibility index (Phi) is 3.28. The van der Waals surface area contributed by atoms with Crippen molar-refractivity contribution in [2.24, 2.45) is 0 Å². The largest absolute Gasteiger partial charge is 0.417 e. The van der Waals surface area contributed by atoms with Crippen LogP contribution in [0.15, 0.2) is 24.4 Å². The fraction of sp³-hybridized carbons (Fsp3) is 0.0833. The maximum absolute atomic E-state index is 13.2. The molecule has 0 aliphatic carbocycles. The SMILES string of the molecule is N#Cc1cnc(-c2cc(F)ccc2C(F)(F)F)nc1N. The molecule has 0 spiro atoms. The first-order valence-corrected chi connectivity index (χ1v) is 5.22. The van der Waals surface area contributed by atoms with Crippen molar-refractivity contribution in [1.82, 2.24) is 9.97 Å². The van der Waals surface area contributed by atoms with Gasteiger partial charge in [-0.25, -0.2) is 14.4 Å². The van der Waals surface area contributed by atoms with Crippen LogP contribution >= 0.6 is 0 Å². The van der Waals surface area contributed by atoms with Gasteiger partial charge in [-0.05, 0) is 18.2 Å². The molecular weight excluding hydrogens is 276 g/mol. The zero-order valence-corrected chi connectivity index (χ0v) is 9.74. The van der Waals surface area contributed by atoms with Gasteiger partial charge in [-0.15, -0.1) is 0 Å². The Bertz CT molecular complexity index is 704. The Labute approximate surface area is 110 Å². The lowest BCUT2D eigenvalue weighted by Gasteiger charge is -2.12. The number of aromatic nitrogens is 2. The van der Waals surface area contributed by atoms with Gasteiger partial charge in [-0.1, -0.05) is 0 Å². The number of alkyl halides is 3. The number of hydrogen-bond acceptors (Lipinski definition) is 4. The summed E-state index contributed by atoms with van der Waals surface area (Å²) in [5, 5.41) is 8.66. The van der Waals surface area contributed by atoms with Crippen molar-refractivity contribution in [2.45, 2.75) is 6.18 Å². The van der Waals surface area contributed by atoms with E-state index in [2.05, 4.69) is 9.97 Å². The molecule has 8 heteroatoms. The van der Waals surface area contributed by atoms with Crippen molar-refractivity contribution in [3.63, 3.8) is 0 Å². The van der Waals surface area contributed by atoms with Crippen LogP contribution in [0.5, 0.6) is 0 Å². The Morgan fingerprint density at radius 1 is 1.25 bits per heavy atom. The molecule has 4 nitrogen and oxygen atoms in total. The number of nitriles is 1. The summed E-state index contributed by atoms with van der Waals surface area (Å²) >= 11 is 0. The third-order valence-electron chi connectivity index (χ3n) is 2.47. The zero-order valence-electron chi connectivity index (χ0n) is 9.74. The summed E-state index contributed by atoms with van der Waals surface area (Å²) < 4.78 is 51.7. The number of benzene rings is 1. The summed E-state index contributed by atoms with van der Waals surface area (Å²) in [6, 6.07) is 3.65. The monoisotopic (exact) mass is 282 g/mol. The quantitative estimate of drug-likeness (QED) is 0.816. The number of hydrogen-bond donors (Lipinski definition) is 1. The third kappa shape index (κ3) is 2.51. The third-order valence-corrected chi connectivity index (χ3v) is 2.47. The highest BCUT2D eigenvalue weighted by molar-refractivity contribution is 5.64. The molecule has 1 aromatic carbocycles. The van der Waals surface area contributed by atoms with Crippen LogP contribution in [0.25, 0.3) is 11.4 Å². The molecule has 20 heavy (non-hydrogen) atoms. The summed E-state index contributed by atoms with van der Waals surface area (Å²) in [7, 11) is 0. The zero-order chi connectivity index (χ0) is 14.9. The van der Waals surface area contributed by atoms with E-state index in [0.29, 0.717) is 18.2 Å². The molecule has 0 unspecified atom stereocenters. The van der Waals surface area contributed by atoms with Crippen LogP contribution in [-0.4, -0.2) is 9.97 Å². The first kappa shape index (κ1) is 13.7. The maximum atomic E-state index is 13.2. The van der Waals surface area contributed by atoms with Crippen molar-refractivity contribution < 1.29 is 17.6 Å². The van der Waals surface area contributed by atoms with Crippen LogP contribution in [-0.2, 0) is 6.18 Å². The first-order valence-electron chi connectivity index (χ1n) is 5.22. The van der Waals surface area contributed by atoms with Crippen LogP contribution in [0.1, 0.15) is 11.1 Å². The molecular formula is C12H6F4N4. The van der Waals surface area contributed by atoms with Crippen LogP contribution in [0.4, 0.5) is 23.4 Å². The smallest absolute Gasteiger partial charge is 0.382 e. The number of halogens is 4. The van der Waals surface area contributed by atoms with Crippen molar-refractivity contribution in [3.05, 3.63) is 41.3 Å². The molecule has 2 rings (SSSR count). The van der Waals surface area contributed by atoms with Gasteiger partial charge in [0.2, 0.25) is 0 Å². The van der Waals surface area contributed by atoms with Gasteiger partial charge in [0, 0.05) is 5.56 Å². The molecule has 0 bridgehead atoms. The molecule has 0 amide bonds. The molecule has 0 fully saturated rings. The average Bonchev–Trinajstić information content (AvgIpc) is 2.37. The number of nitrogens with zero attached hydrogens (tertiary/aromatic N) is 3. The topological polar surface area (TPSA) is 75.6 Å². The van der Waals surface area contributed by atoms with Gasteiger partial charge in [-0.2, -0.15) is 18.4 Å². The van der Waals surface area contributed by atoms with E-state index in [0.717, 1.165) is 6.20 Å². The highest BCUT2D eigenvalue weighted by atomic mass is 19.4. The van der Waals surface area contributed by atoms with E-state index in [9.17, 15) is 17.6 Å². The van der Waals surface area contributed by atoms with Crippen LogP contribution < -0.4 is 5.73 Å². The van der Waals surface area contributed by atoms with Crippen LogP contribution in [0.2, 0.25) is 0 Å². The molecule has 1 heterocycles.